The molecule has 0 amide bonds. The quantitative estimate of drug-likeness (QED) is 0.738. The lowest BCUT2D eigenvalue weighted by Gasteiger charge is -2.03. The Bertz CT molecular complexity index is 429. The smallest absolute Gasteiger partial charge is 0.134 e. The van der Waals surface area contributed by atoms with Crippen molar-refractivity contribution in [3.8, 4) is 5.75 Å². The summed E-state index contributed by atoms with van der Waals surface area (Å²) in [6.07, 6.45) is 2.80. The molecule has 0 spiro atoms. The molecule has 2 rings (SSSR count). The predicted molar refractivity (Wildman–Crippen MR) is 56.7 cm³/mol. The van der Waals surface area contributed by atoms with Gasteiger partial charge in [0, 0.05) is 5.39 Å². The first-order chi connectivity index (χ1) is 6.81. The van der Waals surface area contributed by atoms with Gasteiger partial charge in [-0.25, -0.2) is 0 Å². The van der Waals surface area contributed by atoms with Gasteiger partial charge in [0.2, 0.25) is 0 Å². The zero-order chi connectivity index (χ0) is 9.97. The van der Waals surface area contributed by atoms with Crippen molar-refractivity contribution < 1.29 is 9.15 Å². The van der Waals surface area contributed by atoms with Gasteiger partial charge in [0.15, 0.2) is 0 Å². The molecule has 0 radical (unpaired) electrons. The molecular formula is C12H14O2. The highest BCUT2D eigenvalue weighted by atomic mass is 16.5. The first-order valence-corrected chi connectivity index (χ1v) is 4.92. The second-order valence-corrected chi connectivity index (χ2v) is 3.43. The van der Waals surface area contributed by atoms with Crippen LogP contribution in [-0.4, -0.2) is 6.61 Å². The topological polar surface area (TPSA) is 22.4 Å². The van der Waals surface area contributed by atoms with Gasteiger partial charge in [-0.05, 0) is 37.1 Å². The van der Waals surface area contributed by atoms with Crippen molar-refractivity contribution >= 4 is 11.0 Å². The summed E-state index contributed by atoms with van der Waals surface area (Å²) in [6, 6.07) is 5.93. The number of benzene rings is 1. The number of furan rings is 1. The Balaban J connectivity index is 2.34. The standard InChI is InChI=1S/C12H14O2/c1-3-6-13-10-4-5-12-11(7-10)9(2)8-14-12/h4-5,7-8H,3,6H2,1-2H3. The number of hydrogen-bond acceptors (Lipinski definition) is 2. The normalized spacial score (nSPS) is 10.7. The Kier molecular flexibility index (Phi) is 2.44. The lowest BCUT2D eigenvalue weighted by molar-refractivity contribution is 0.318. The van der Waals surface area contributed by atoms with Crippen LogP contribution in [0.1, 0.15) is 18.9 Å². The van der Waals surface area contributed by atoms with Gasteiger partial charge < -0.3 is 9.15 Å². The highest BCUT2D eigenvalue weighted by Gasteiger charge is 2.02. The van der Waals surface area contributed by atoms with Crippen molar-refractivity contribution in [3.05, 3.63) is 30.0 Å². The van der Waals surface area contributed by atoms with Crippen molar-refractivity contribution in [2.45, 2.75) is 20.3 Å². The van der Waals surface area contributed by atoms with Gasteiger partial charge in [0.1, 0.15) is 11.3 Å². The van der Waals surface area contributed by atoms with E-state index in [2.05, 4.69) is 6.92 Å². The van der Waals surface area contributed by atoms with Crippen LogP contribution in [-0.2, 0) is 0 Å². The van der Waals surface area contributed by atoms with E-state index < -0.39 is 0 Å². The van der Waals surface area contributed by atoms with Crippen molar-refractivity contribution in [3.63, 3.8) is 0 Å². The van der Waals surface area contributed by atoms with Gasteiger partial charge in [-0.3, -0.25) is 0 Å². The van der Waals surface area contributed by atoms with Gasteiger partial charge in [0.05, 0.1) is 12.9 Å². The molecule has 0 aliphatic heterocycles. The molecule has 2 aromatic rings. The Hall–Kier alpha value is -1.44. The van der Waals surface area contributed by atoms with E-state index in [4.69, 9.17) is 9.15 Å². The molecule has 0 atom stereocenters. The fourth-order valence-corrected chi connectivity index (χ4v) is 1.45. The summed E-state index contributed by atoms with van der Waals surface area (Å²) in [5.74, 6) is 0.920. The highest BCUT2D eigenvalue weighted by Crippen LogP contribution is 2.25. The molecule has 0 aliphatic rings. The van der Waals surface area contributed by atoms with Crippen molar-refractivity contribution in [2.24, 2.45) is 0 Å². The molecular weight excluding hydrogens is 176 g/mol. The molecule has 74 valence electrons. The minimum atomic E-state index is 0.766. The molecule has 0 fully saturated rings. The number of fused-ring (bicyclic) bond motifs is 1. The van der Waals surface area contributed by atoms with Gasteiger partial charge in [-0.2, -0.15) is 0 Å². The summed E-state index contributed by atoms with van der Waals surface area (Å²) in [7, 11) is 0. The number of hydrogen-bond donors (Lipinski definition) is 0. The van der Waals surface area contributed by atoms with Gasteiger partial charge in [-0.15, -0.1) is 0 Å². The maximum atomic E-state index is 5.55. The van der Waals surface area contributed by atoms with E-state index in [9.17, 15) is 0 Å². The molecule has 1 aromatic heterocycles. The van der Waals surface area contributed by atoms with E-state index >= 15 is 0 Å². The van der Waals surface area contributed by atoms with E-state index in [0.29, 0.717) is 0 Å². The average Bonchev–Trinajstić information content (AvgIpc) is 2.57. The minimum Gasteiger partial charge on any atom is -0.494 e. The zero-order valence-corrected chi connectivity index (χ0v) is 8.54. The third kappa shape index (κ3) is 1.60. The zero-order valence-electron chi connectivity index (χ0n) is 8.54. The second-order valence-electron chi connectivity index (χ2n) is 3.43. The number of ether oxygens (including phenoxy) is 1. The Morgan fingerprint density at radius 3 is 3.00 bits per heavy atom. The van der Waals surface area contributed by atoms with E-state index in [-0.39, 0.29) is 0 Å². The van der Waals surface area contributed by atoms with Gasteiger partial charge in [0.25, 0.3) is 0 Å². The van der Waals surface area contributed by atoms with E-state index in [1.54, 1.807) is 6.26 Å². The summed E-state index contributed by atoms with van der Waals surface area (Å²) in [5.41, 5.74) is 2.08. The van der Waals surface area contributed by atoms with Crippen LogP contribution in [0.25, 0.3) is 11.0 Å². The molecule has 0 saturated heterocycles. The molecule has 0 unspecified atom stereocenters. The van der Waals surface area contributed by atoms with Crippen LogP contribution in [0.3, 0.4) is 0 Å². The lowest BCUT2D eigenvalue weighted by atomic mass is 10.2. The first-order valence-electron chi connectivity index (χ1n) is 4.92. The average molecular weight is 190 g/mol. The maximum absolute atomic E-state index is 5.55. The van der Waals surface area contributed by atoms with Crippen LogP contribution in [0.2, 0.25) is 0 Å². The summed E-state index contributed by atoms with van der Waals surface area (Å²) in [5, 5.41) is 1.14. The Morgan fingerprint density at radius 1 is 1.36 bits per heavy atom. The van der Waals surface area contributed by atoms with Crippen molar-refractivity contribution in [1.29, 1.82) is 0 Å². The Morgan fingerprint density at radius 2 is 2.21 bits per heavy atom. The summed E-state index contributed by atoms with van der Waals surface area (Å²) >= 11 is 0. The summed E-state index contributed by atoms with van der Waals surface area (Å²) in [4.78, 5) is 0. The minimum absolute atomic E-state index is 0.766. The van der Waals surface area contributed by atoms with E-state index in [1.807, 2.05) is 25.1 Å². The van der Waals surface area contributed by atoms with E-state index in [1.165, 1.54) is 0 Å². The second kappa shape index (κ2) is 3.74. The molecule has 2 heteroatoms. The third-order valence-corrected chi connectivity index (χ3v) is 2.21. The molecule has 14 heavy (non-hydrogen) atoms. The van der Waals surface area contributed by atoms with Crippen LogP contribution < -0.4 is 4.74 Å². The number of rotatable bonds is 3. The van der Waals surface area contributed by atoms with Gasteiger partial charge in [-0.1, -0.05) is 6.92 Å². The van der Waals surface area contributed by atoms with Crippen LogP contribution >= 0.6 is 0 Å². The van der Waals surface area contributed by atoms with Crippen molar-refractivity contribution in [1.82, 2.24) is 0 Å². The largest absolute Gasteiger partial charge is 0.494 e. The SMILES string of the molecule is CCCOc1ccc2occ(C)c2c1. The fourth-order valence-electron chi connectivity index (χ4n) is 1.45. The molecule has 0 aliphatic carbocycles. The Labute approximate surface area is 83.5 Å². The fraction of sp³-hybridized carbons (Fsp3) is 0.333. The lowest BCUT2D eigenvalue weighted by Crippen LogP contribution is -1.94. The third-order valence-electron chi connectivity index (χ3n) is 2.21. The van der Waals surface area contributed by atoms with Gasteiger partial charge >= 0.3 is 0 Å². The van der Waals surface area contributed by atoms with E-state index in [0.717, 1.165) is 35.3 Å². The molecule has 0 N–H and O–H groups in total. The molecule has 1 aromatic carbocycles. The van der Waals surface area contributed by atoms with Crippen LogP contribution in [0.5, 0.6) is 5.75 Å². The van der Waals surface area contributed by atoms with Crippen LogP contribution in [0, 0.1) is 6.92 Å². The maximum Gasteiger partial charge on any atom is 0.134 e. The van der Waals surface area contributed by atoms with Crippen LogP contribution in [0.15, 0.2) is 28.9 Å². The molecule has 2 nitrogen and oxygen atoms in total. The first kappa shape index (κ1) is 9.13. The molecule has 0 saturated carbocycles. The summed E-state index contributed by atoms with van der Waals surface area (Å²) < 4.78 is 10.9. The monoisotopic (exact) mass is 190 g/mol. The van der Waals surface area contributed by atoms with Crippen LogP contribution in [0.4, 0.5) is 0 Å². The molecule has 0 bridgehead atoms. The predicted octanol–water partition coefficient (Wildman–Crippen LogP) is 3.53. The number of aryl methyl sites for hydroxylation is 1. The highest BCUT2D eigenvalue weighted by molar-refractivity contribution is 5.82. The van der Waals surface area contributed by atoms with Crippen molar-refractivity contribution in [2.75, 3.05) is 6.61 Å². The molecule has 1 heterocycles. The summed E-state index contributed by atoms with van der Waals surface area (Å²) in [6.45, 7) is 4.90.